The predicted molar refractivity (Wildman–Crippen MR) is 69.3 cm³/mol. The van der Waals surface area contributed by atoms with Gasteiger partial charge in [-0.25, -0.2) is 0 Å². The van der Waals surface area contributed by atoms with E-state index in [-0.39, 0.29) is 23.0 Å². The second-order valence-corrected chi connectivity index (χ2v) is 5.45. The van der Waals surface area contributed by atoms with Crippen molar-refractivity contribution in [1.29, 1.82) is 0 Å². The van der Waals surface area contributed by atoms with E-state index in [2.05, 4.69) is 17.2 Å². The van der Waals surface area contributed by atoms with Crippen LogP contribution in [0.15, 0.2) is 0 Å². The molecule has 0 heterocycles. The fraction of sp³-hybridized carbons (Fsp3) is 0.714. The molecule has 0 aliphatic rings. The largest absolute Gasteiger partial charge is 0.335 e. The monoisotopic (exact) mass is 237 g/mol. The van der Waals surface area contributed by atoms with Crippen LogP contribution in [-0.2, 0) is 9.59 Å². The normalized spacial score (nSPS) is 14.2. The fourth-order valence-corrected chi connectivity index (χ4v) is 1.30. The van der Waals surface area contributed by atoms with Crippen molar-refractivity contribution < 1.29 is 9.59 Å². The van der Waals surface area contributed by atoms with E-state index in [4.69, 9.17) is 0 Å². The molecule has 3 heteroatoms. The van der Waals surface area contributed by atoms with Gasteiger partial charge in [-0.3, -0.25) is 9.59 Å². The van der Waals surface area contributed by atoms with Crippen molar-refractivity contribution in [3.63, 3.8) is 0 Å². The lowest BCUT2D eigenvalue weighted by Gasteiger charge is -2.20. The molecular weight excluding hydrogens is 214 g/mol. The Labute approximate surface area is 104 Å². The predicted octanol–water partition coefficient (Wildman–Crippen LogP) is 2.16. The molecule has 0 aliphatic heterocycles. The van der Waals surface area contributed by atoms with Gasteiger partial charge in [0.1, 0.15) is 0 Å². The molecule has 0 aromatic heterocycles. The third-order valence-electron chi connectivity index (χ3n) is 2.49. The zero-order valence-electron chi connectivity index (χ0n) is 11.7. The van der Waals surface area contributed by atoms with Crippen molar-refractivity contribution in [2.75, 3.05) is 0 Å². The minimum Gasteiger partial charge on any atom is -0.335 e. The Bertz CT molecular complexity index is 341. The first-order valence-electron chi connectivity index (χ1n) is 6.01. The summed E-state index contributed by atoms with van der Waals surface area (Å²) < 4.78 is 0. The third-order valence-corrected chi connectivity index (χ3v) is 2.49. The van der Waals surface area contributed by atoms with Crippen LogP contribution < -0.4 is 5.32 Å². The van der Waals surface area contributed by atoms with Crippen molar-refractivity contribution in [2.24, 2.45) is 11.3 Å². The number of nitrogens with one attached hydrogen (secondary N) is 1. The van der Waals surface area contributed by atoms with Crippen molar-refractivity contribution in [2.45, 2.75) is 54.0 Å². The summed E-state index contributed by atoms with van der Waals surface area (Å²) in [6.07, 6.45) is 0.844. The van der Waals surface area contributed by atoms with E-state index < -0.39 is 6.04 Å². The molecule has 0 rings (SSSR count). The molecule has 0 bridgehead atoms. The van der Waals surface area contributed by atoms with Gasteiger partial charge in [-0.15, -0.1) is 0 Å². The zero-order chi connectivity index (χ0) is 13.6. The van der Waals surface area contributed by atoms with Gasteiger partial charge in [0, 0.05) is 5.41 Å². The average Bonchev–Trinajstić information content (AvgIpc) is 2.20. The van der Waals surface area contributed by atoms with Gasteiger partial charge in [0.05, 0.1) is 6.04 Å². The minimum absolute atomic E-state index is 0.0229. The molecule has 0 unspecified atom stereocenters. The maximum atomic E-state index is 11.6. The highest BCUT2D eigenvalue weighted by Crippen LogP contribution is 2.10. The Balaban J connectivity index is 4.62. The zero-order valence-corrected chi connectivity index (χ0v) is 11.7. The van der Waals surface area contributed by atoms with Gasteiger partial charge in [-0.1, -0.05) is 26.2 Å². The van der Waals surface area contributed by atoms with Crippen LogP contribution in [0.1, 0.15) is 48.0 Å². The molecule has 0 saturated carbocycles. The van der Waals surface area contributed by atoms with Crippen molar-refractivity contribution in [3.8, 4) is 11.8 Å². The van der Waals surface area contributed by atoms with Crippen LogP contribution >= 0.6 is 0 Å². The molecule has 0 aromatic carbocycles. The summed E-state index contributed by atoms with van der Waals surface area (Å²) in [5.41, 5.74) is -0.209. The number of amides is 1. The standard InChI is InChI=1S/C14H23NO2/c1-7-10(2)13(11(3)16)15-12(17)8-9-14(4,5)6/h10,13H,7H2,1-6H3,(H,15,17)/t10-,13-/m0/s1. The summed E-state index contributed by atoms with van der Waals surface area (Å²) in [5.74, 6) is 5.12. The number of hydrogen-bond donors (Lipinski definition) is 1. The molecule has 17 heavy (non-hydrogen) atoms. The average molecular weight is 237 g/mol. The maximum absolute atomic E-state index is 11.6. The summed E-state index contributed by atoms with van der Waals surface area (Å²) >= 11 is 0. The number of hydrogen-bond acceptors (Lipinski definition) is 2. The quantitative estimate of drug-likeness (QED) is 0.762. The van der Waals surface area contributed by atoms with Crippen molar-refractivity contribution in [1.82, 2.24) is 5.32 Å². The summed E-state index contributed by atoms with van der Waals surface area (Å²) in [5, 5.41) is 2.68. The summed E-state index contributed by atoms with van der Waals surface area (Å²) in [4.78, 5) is 23.0. The van der Waals surface area contributed by atoms with Gasteiger partial charge in [0.25, 0.3) is 5.91 Å². The molecule has 1 amide bonds. The van der Waals surface area contributed by atoms with Gasteiger partial charge >= 0.3 is 0 Å². The molecule has 0 aliphatic carbocycles. The minimum atomic E-state index is -0.429. The van der Waals surface area contributed by atoms with Crippen LogP contribution in [0.4, 0.5) is 0 Å². The third kappa shape index (κ3) is 6.78. The van der Waals surface area contributed by atoms with E-state index in [9.17, 15) is 9.59 Å². The molecule has 0 fully saturated rings. The molecule has 0 spiro atoms. The Morgan fingerprint density at radius 3 is 2.18 bits per heavy atom. The van der Waals surface area contributed by atoms with E-state index in [0.717, 1.165) is 6.42 Å². The maximum Gasteiger partial charge on any atom is 0.296 e. The number of Topliss-reactive ketones (excluding diaryl/α,β-unsaturated/α-hetero) is 1. The molecule has 0 aromatic rings. The number of rotatable bonds is 4. The van der Waals surface area contributed by atoms with Gasteiger partial charge < -0.3 is 5.32 Å². The Hall–Kier alpha value is -1.30. The summed E-state index contributed by atoms with van der Waals surface area (Å²) in [7, 11) is 0. The van der Waals surface area contributed by atoms with Gasteiger partial charge in [-0.05, 0) is 39.5 Å². The first-order valence-corrected chi connectivity index (χ1v) is 6.01. The van der Waals surface area contributed by atoms with Crippen LogP contribution in [0, 0.1) is 23.2 Å². The Kier molecular flexibility index (Phi) is 5.95. The highest BCUT2D eigenvalue weighted by molar-refractivity contribution is 5.97. The SMILES string of the molecule is CC[C@H](C)[C@H](NC(=O)C#CC(C)(C)C)C(C)=O. The van der Waals surface area contributed by atoms with E-state index in [1.807, 2.05) is 34.6 Å². The number of carbonyl (C=O) groups is 2. The second-order valence-electron chi connectivity index (χ2n) is 5.45. The van der Waals surface area contributed by atoms with E-state index in [1.54, 1.807) is 0 Å². The van der Waals surface area contributed by atoms with Crippen LogP contribution in [0.3, 0.4) is 0 Å². The summed E-state index contributed by atoms with van der Waals surface area (Å²) in [6.45, 7) is 11.2. The highest BCUT2D eigenvalue weighted by Gasteiger charge is 2.21. The molecule has 1 N–H and O–H groups in total. The van der Waals surface area contributed by atoms with Crippen molar-refractivity contribution in [3.05, 3.63) is 0 Å². The van der Waals surface area contributed by atoms with Crippen LogP contribution in [0.5, 0.6) is 0 Å². The lowest BCUT2D eigenvalue weighted by atomic mass is 9.96. The van der Waals surface area contributed by atoms with Crippen LogP contribution in [-0.4, -0.2) is 17.7 Å². The van der Waals surface area contributed by atoms with Crippen molar-refractivity contribution >= 4 is 11.7 Å². The first-order chi connectivity index (χ1) is 7.67. The molecule has 0 saturated heterocycles. The fourth-order valence-electron chi connectivity index (χ4n) is 1.30. The first kappa shape index (κ1) is 15.7. The van der Waals surface area contributed by atoms with Crippen LogP contribution in [0.25, 0.3) is 0 Å². The van der Waals surface area contributed by atoms with Gasteiger partial charge in [0.15, 0.2) is 5.78 Å². The van der Waals surface area contributed by atoms with E-state index in [1.165, 1.54) is 6.92 Å². The van der Waals surface area contributed by atoms with Crippen LogP contribution in [0.2, 0.25) is 0 Å². The lowest BCUT2D eigenvalue weighted by Crippen LogP contribution is -2.43. The molecule has 3 nitrogen and oxygen atoms in total. The molecule has 0 radical (unpaired) electrons. The molecular formula is C14H23NO2. The molecule has 2 atom stereocenters. The second kappa shape index (κ2) is 6.44. The summed E-state index contributed by atoms with van der Waals surface area (Å²) in [6, 6.07) is -0.429. The number of ketones is 1. The topological polar surface area (TPSA) is 46.2 Å². The van der Waals surface area contributed by atoms with Gasteiger partial charge in [-0.2, -0.15) is 0 Å². The smallest absolute Gasteiger partial charge is 0.296 e. The molecule has 96 valence electrons. The Morgan fingerprint density at radius 2 is 1.82 bits per heavy atom. The van der Waals surface area contributed by atoms with E-state index >= 15 is 0 Å². The highest BCUT2D eigenvalue weighted by atomic mass is 16.2. The number of carbonyl (C=O) groups excluding carboxylic acids is 2. The Morgan fingerprint density at radius 1 is 1.29 bits per heavy atom. The van der Waals surface area contributed by atoms with E-state index in [0.29, 0.717) is 0 Å². The van der Waals surface area contributed by atoms with Gasteiger partial charge in [0.2, 0.25) is 0 Å². The lowest BCUT2D eigenvalue weighted by molar-refractivity contribution is -0.125.